The van der Waals surface area contributed by atoms with Gasteiger partial charge in [0.05, 0.1) is 22.8 Å². The Balaban J connectivity index is 1.45. The highest BCUT2D eigenvalue weighted by Crippen LogP contribution is 2.36. The zero-order valence-corrected chi connectivity index (χ0v) is 26.3. The summed E-state index contributed by atoms with van der Waals surface area (Å²) in [6.45, 7) is 4.85. The number of thioether (sulfide) groups is 1. The summed E-state index contributed by atoms with van der Waals surface area (Å²) >= 11 is 1.53. The molecule has 0 radical (unpaired) electrons. The third-order valence-corrected chi connectivity index (χ3v) is 10.9. The fourth-order valence-corrected chi connectivity index (χ4v) is 7.90. The lowest BCUT2D eigenvalue weighted by Crippen LogP contribution is -2.53. The van der Waals surface area contributed by atoms with Gasteiger partial charge in [-0.25, -0.2) is 8.42 Å². The van der Waals surface area contributed by atoms with Gasteiger partial charge in [-0.05, 0) is 107 Å². The Hall–Kier alpha value is -2.57. The maximum Gasteiger partial charge on any atom is 0.416 e. The van der Waals surface area contributed by atoms with E-state index in [0.29, 0.717) is 24.8 Å². The van der Waals surface area contributed by atoms with Crippen LogP contribution in [0.25, 0.3) is 0 Å². The summed E-state index contributed by atoms with van der Waals surface area (Å²) in [5.74, 6) is -1.12. The van der Waals surface area contributed by atoms with Crippen molar-refractivity contribution >= 4 is 33.4 Å². The Kier molecular flexibility index (Phi) is 10.9. The lowest BCUT2D eigenvalue weighted by Gasteiger charge is -2.43. The molecule has 0 aromatic heterocycles. The van der Waals surface area contributed by atoms with Crippen LogP contribution in [0, 0.1) is 11.8 Å². The average Bonchev–Trinajstić information content (AvgIpc) is 3.79. The maximum absolute atomic E-state index is 13.5. The summed E-state index contributed by atoms with van der Waals surface area (Å²) in [7, 11) is -3.65. The number of sulfone groups is 1. The van der Waals surface area contributed by atoms with Crippen molar-refractivity contribution < 1.29 is 31.2 Å². The van der Waals surface area contributed by atoms with Crippen LogP contribution < -0.4 is 10.6 Å². The first-order valence-corrected chi connectivity index (χ1v) is 17.5. The molecule has 236 valence electrons. The molecule has 3 atom stereocenters. The van der Waals surface area contributed by atoms with Crippen LogP contribution in [-0.4, -0.2) is 68.4 Å². The van der Waals surface area contributed by atoms with Crippen molar-refractivity contribution in [1.82, 2.24) is 15.5 Å². The van der Waals surface area contributed by atoms with Crippen LogP contribution in [0.15, 0.2) is 58.3 Å². The van der Waals surface area contributed by atoms with Gasteiger partial charge in [0.15, 0.2) is 9.84 Å². The molecule has 2 aliphatic rings. The molecule has 2 aliphatic carbocycles. The number of hydrogen-bond donors (Lipinski definition) is 2. The number of halogens is 3. The number of carbonyl (C=O) groups excluding carboxylic acids is 2. The first kappa shape index (κ1) is 33.3. The standard InChI is InChI=1S/C31H40F3N3O4S2/c1-20(2)37(18-21-7-8-21)25-9-14-28(23(16-25)19-43(40,41)27-12-10-26(42-3)11-13-27)36-29(38)17-35-30(39)22-5-4-6-24(15-22)31(32,33)34/h4-6,10-13,15,20-21,23,25,28H,7-9,14,16-19H2,1-3H3,(H,35,39)(H,36,38)/t23-,25+,28-/m0/s1. The van der Waals surface area contributed by atoms with Crippen molar-refractivity contribution in [2.24, 2.45) is 11.8 Å². The van der Waals surface area contributed by atoms with Gasteiger partial charge in [-0.15, -0.1) is 11.8 Å². The molecular weight excluding hydrogens is 599 g/mol. The molecular formula is C31H40F3N3O4S2. The van der Waals surface area contributed by atoms with Gasteiger partial charge in [-0.3, -0.25) is 14.5 Å². The number of nitrogens with one attached hydrogen (secondary N) is 2. The highest BCUT2D eigenvalue weighted by Gasteiger charge is 2.39. The molecule has 0 saturated heterocycles. The van der Waals surface area contributed by atoms with Gasteiger partial charge in [-0.1, -0.05) is 6.07 Å². The summed E-state index contributed by atoms with van der Waals surface area (Å²) in [6.07, 6.45) is 1.73. The quantitative estimate of drug-likeness (QED) is 0.302. The number of amides is 2. The minimum absolute atomic E-state index is 0.126. The van der Waals surface area contributed by atoms with Gasteiger partial charge in [0.1, 0.15) is 0 Å². The largest absolute Gasteiger partial charge is 0.416 e. The third kappa shape index (κ3) is 9.21. The number of carbonyl (C=O) groups is 2. The first-order valence-electron chi connectivity index (χ1n) is 14.6. The van der Waals surface area contributed by atoms with E-state index in [9.17, 15) is 31.2 Å². The molecule has 0 heterocycles. The molecule has 2 aromatic rings. The van der Waals surface area contributed by atoms with Crippen molar-refractivity contribution in [3.05, 3.63) is 59.7 Å². The van der Waals surface area contributed by atoms with Gasteiger partial charge >= 0.3 is 6.18 Å². The van der Waals surface area contributed by atoms with Crippen molar-refractivity contribution in [3.63, 3.8) is 0 Å². The molecule has 0 bridgehead atoms. The summed E-state index contributed by atoms with van der Waals surface area (Å²) < 4.78 is 66.2. The Bertz CT molecular complexity index is 1380. The van der Waals surface area contributed by atoms with Gasteiger partial charge in [0.2, 0.25) is 5.91 Å². The number of hydrogen-bond acceptors (Lipinski definition) is 6. The van der Waals surface area contributed by atoms with E-state index in [4.69, 9.17) is 0 Å². The second kappa shape index (κ2) is 14.0. The highest BCUT2D eigenvalue weighted by molar-refractivity contribution is 7.98. The predicted molar refractivity (Wildman–Crippen MR) is 162 cm³/mol. The van der Waals surface area contributed by atoms with Crippen molar-refractivity contribution in [3.8, 4) is 0 Å². The van der Waals surface area contributed by atoms with Gasteiger partial charge in [0, 0.05) is 35.1 Å². The van der Waals surface area contributed by atoms with Gasteiger partial charge in [-0.2, -0.15) is 13.2 Å². The minimum atomic E-state index is -4.59. The molecule has 2 aromatic carbocycles. The molecule has 2 saturated carbocycles. The molecule has 12 heteroatoms. The van der Waals surface area contributed by atoms with Crippen LogP contribution in [0.5, 0.6) is 0 Å². The van der Waals surface area contributed by atoms with Crippen molar-refractivity contribution in [2.45, 2.75) is 80.0 Å². The summed E-state index contributed by atoms with van der Waals surface area (Å²) in [6, 6.07) is 10.9. The second-order valence-electron chi connectivity index (χ2n) is 11.9. The third-order valence-electron chi connectivity index (χ3n) is 8.31. The molecule has 7 nitrogen and oxygen atoms in total. The molecule has 2 N–H and O–H groups in total. The summed E-state index contributed by atoms with van der Waals surface area (Å²) in [5, 5.41) is 5.32. The SMILES string of the molecule is CSc1ccc(S(=O)(=O)C[C@@H]2C[C@H](N(CC3CC3)C(C)C)CC[C@@H]2NC(=O)CNC(=O)c2cccc(C(F)(F)F)c2)cc1. The van der Waals surface area contributed by atoms with E-state index in [1.54, 1.807) is 24.3 Å². The van der Waals surface area contributed by atoms with Gasteiger partial charge < -0.3 is 10.6 Å². The Labute approximate surface area is 256 Å². The van der Waals surface area contributed by atoms with Gasteiger partial charge in [0.25, 0.3) is 5.91 Å². The first-order chi connectivity index (χ1) is 20.3. The number of nitrogens with zero attached hydrogens (tertiary/aromatic N) is 1. The maximum atomic E-state index is 13.5. The monoisotopic (exact) mass is 639 g/mol. The normalized spacial score (nSPS) is 21.2. The zero-order valence-electron chi connectivity index (χ0n) is 24.7. The fraction of sp³-hybridized carbons (Fsp3) is 0.548. The van der Waals surface area contributed by atoms with E-state index in [0.717, 1.165) is 36.1 Å². The Morgan fingerprint density at radius 3 is 2.35 bits per heavy atom. The van der Waals surface area contributed by atoms with Crippen LogP contribution in [0.3, 0.4) is 0 Å². The molecule has 43 heavy (non-hydrogen) atoms. The van der Waals surface area contributed by atoms with Crippen LogP contribution in [0.2, 0.25) is 0 Å². The summed E-state index contributed by atoms with van der Waals surface area (Å²) in [4.78, 5) is 29.1. The van der Waals surface area contributed by atoms with E-state index in [1.807, 2.05) is 6.26 Å². The van der Waals surface area contributed by atoms with E-state index < -0.39 is 46.0 Å². The molecule has 0 unspecified atom stereocenters. The fourth-order valence-electron chi connectivity index (χ4n) is 5.81. The van der Waals surface area contributed by atoms with E-state index in [2.05, 4.69) is 29.4 Å². The Morgan fingerprint density at radius 1 is 1.05 bits per heavy atom. The number of benzene rings is 2. The van der Waals surface area contributed by atoms with Crippen LogP contribution in [-0.2, 0) is 20.8 Å². The van der Waals surface area contributed by atoms with Crippen LogP contribution in [0.4, 0.5) is 13.2 Å². The predicted octanol–water partition coefficient (Wildman–Crippen LogP) is 5.40. The van der Waals surface area contributed by atoms with E-state index in [-0.39, 0.29) is 28.2 Å². The molecule has 0 aliphatic heterocycles. The van der Waals surface area contributed by atoms with Crippen molar-refractivity contribution in [1.29, 1.82) is 0 Å². The number of rotatable bonds is 12. The lowest BCUT2D eigenvalue weighted by atomic mass is 9.81. The topological polar surface area (TPSA) is 95.6 Å². The van der Waals surface area contributed by atoms with Crippen molar-refractivity contribution in [2.75, 3.05) is 25.1 Å². The van der Waals surface area contributed by atoms with Crippen LogP contribution in [0.1, 0.15) is 61.9 Å². The second-order valence-corrected chi connectivity index (χ2v) is 14.8. The highest BCUT2D eigenvalue weighted by atomic mass is 32.2. The Morgan fingerprint density at radius 2 is 1.74 bits per heavy atom. The molecule has 2 fully saturated rings. The average molecular weight is 640 g/mol. The molecule has 4 rings (SSSR count). The lowest BCUT2D eigenvalue weighted by molar-refractivity contribution is -0.137. The molecule has 2 amide bonds. The van der Waals surface area contributed by atoms with E-state index in [1.165, 1.54) is 30.7 Å². The van der Waals surface area contributed by atoms with Crippen LogP contribution >= 0.6 is 11.8 Å². The molecule has 0 spiro atoms. The smallest absolute Gasteiger partial charge is 0.352 e. The minimum Gasteiger partial charge on any atom is -0.352 e. The zero-order chi connectivity index (χ0) is 31.4. The summed E-state index contributed by atoms with van der Waals surface area (Å²) in [5.41, 5.74) is -1.16. The van der Waals surface area contributed by atoms with E-state index >= 15 is 0 Å². The number of alkyl halides is 3.